The van der Waals surface area contributed by atoms with E-state index in [1.807, 2.05) is 0 Å². The normalized spacial score (nSPS) is 12.1. The van der Waals surface area contributed by atoms with E-state index in [1.165, 1.54) is 11.0 Å². The van der Waals surface area contributed by atoms with E-state index in [-0.39, 0.29) is 18.9 Å². The first kappa shape index (κ1) is 19.6. The van der Waals surface area contributed by atoms with Crippen molar-refractivity contribution in [1.29, 1.82) is 0 Å². The summed E-state index contributed by atoms with van der Waals surface area (Å²) in [6.07, 6.45) is -5.12. The molecule has 0 aliphatic heterocycles. The van der Waals surface area contributed by atoms with Crippen LogP contribution in [0.15, 0.2) is 22.7 Å². The lowest BCUT2D eigenvalue weighted by Crippen LogP contribution is -2.45. The fraction of sp³-hybridized carbons (Fsp3) is 0.533. The van der Waals surface area contributed by atoms with Gasteiger partial charge < -0.3 is 14.7 Å². The van der Waals surface area contributed by atoms with Gasteiger partial charge in [-0.1, -0.05) is 0 Å². The third-order valence-electron chi connectivity index (χ3n) is 3.08. The minimum absolute atomic E-state index is 0.0810. The largest absolute Gasteiger partial charge is 0.492 e. The predicted molar refractivity (Wildman–Crippen MR) is 83.7 cm³/mol. The molecule has 0 spiro atoms. The van der Waals surface area contributed by atoms with Crippen LogP contribution in [0.25, 0.3) is 0 Å². The van der Waals surface area contributed by atoms with Crippen molar-refractivity contribution in [3.05, 3.63) is 28.2 Å². The van der Waals surface area contributed by atoms with E-state index in [0.29, 0.717) is 10.9 Å². The number of carboxylic acid groups (broad SMARTS) is 1. The van der Waals surface area contributed by atoms with Crippen molar-refractivity contribution < 1.29 is 27.8 Å². The zero-order valence-electron chi connectivity index (χ0n) is 13.1. The fourth-order valence-corrected chi connectivity index (χ4v) is 2.27. The molecule has 8 heteroatoms. The lowest BCUT2D eigenvalue weighted by molar-refractivity contribution is -0.137. The molecule has 0 atom stereocenters. The van der Waals surface area contributed by atoms with Crippen molar-refractivity contribution in [2.24, 2.45) is 0 Å². The Morgan fingerprint density at radius 2 is 1.91 bits per heavy atom. The summed E-state index contributed by atoms with van der Waals surface area (Å²) in [5, 5.41) is 9.15. The third kappa shape index (κ3) is 5.93. The highest BCUT2D eigenvalue weighted by atomic mass is 79.9. The molecule has 130 valence electrons. The number of alkyl halides is 3. The molecule has 0 fully saturated rings. The van der Waals surface area contributed by atoms with Gasteiger partial charge in [0, 0.05) is 12.1 Å². The number of hydrogen-bond donors (Lipinski definition) is 1. The Hall–Kier alpha value is -1.44. The molecule has 0 aromatic heterocycles. The van der Waals surface area contributed by atoms with Crippen LogP contribution in [-0.4, -0.2) is 34.8 Å². The topological polar surface area (TPSA) is 49.8 Å². The molecule has 0 unspecified atom stereocenters. The molecule has 1 amide bonds. The molecule has 0 saturated carbocycles. The highest BCUT2D eigenvalue weighted by molar-refractivity contribution is 9.10. The van der Waals surface area contributed by atoms with E-state index in [0.717, 1.165) is 12.1 Å². The SMILES string of the molecule is CC(C)(C)N(CCCOc1cc(C(F)(F)F)ccc1Br)C(=O)O. The van der Waals surface area contributed by atoms with E-state index in [1.54, 1.807) is 20.8 Å². The predicted octanol–water partition coefficient (Wildman–Crippen LogP) is 5.02. The molecule has 0 radical (unpaired) electrons. The second-order valence-electron chi connectivity index (χ2n) is 5.95. The first-order valence-electron chi connectivity index (χ1n) is 6.93. The lowest BCUT2D eigenvalue weighted by Gasteiger charge is -2.33. The van der Waals surface area contributed by atoms with Crippen LogP contribution < -0.4 is 4.74 Å². The van der Waals surface area contributed by atoms with Gasteiger partial charge in [0.1, 0.15) is 5.75 Å². The minimum atomic E-state index is -4.44. The number of benzene rings is 1. The summed E-state index contributed by atoms with van der Waals surface area (Å²) in [6.45, 7) is 5.65. The number of carbonyl (C=O) groups is 1. The van der Waals surface area contributed by atoms with Crippen LogP contribution in [0.5, 0.6) is 5.75 Å². The van der Waals surface area contributed by atoms with E-state index in [2.05, 4.69) is 15.9 Å². The van der Waals surface area contributed by atoms with Crippen LogP contribution in [0, 0.1) is 0 Å². The minimum Gasteiger partial charge on any atom is -0.492 e. The summed E-state index contributed by atoms with van der Waals surface area (Å²) in [5.74, 6) is 0.0810. The van der Waals surface area contributed by atoms with Gasteiger partial charge in [-0.2, -0.15) is 13.2 Å². The van der Waals surface area contributed by atoms with Gasteiger partial charge in [-0.05, 0) is 61.3 Å². The van der Waals surface area contributed by atoms with Gasteiger partial charge in [0.25, 0.3) is 0 Å². The molecule has 4 nitrogen and oxygen atoms in total. The quantitative estimate of drug-likeness (QED) is 0.709. The van der Waals surface area contributed by atoms with Crippen molar-refractivity contribution in [2.75, 3.05) is 13.2 Å². The molecule has 1 N–H and O–H groups in total. The fourth-order valence-electron chi connectivity index (χ4n) is 1.91. The Balaban J connectivity index is 2.64. The second kappa shape index (κ2) is 7.42. The zero-order valence-corrected chi connectivity index (χ0v) is 14.7. The van der Waals surface area contributed by atoms with Crippen molar-refractivity contribution in [2.45, 2.75) is 38.9 Å². The Bertz CT molecular complexity index is 556. The Morgan fingerprint density at radius 3 is 2.39 bits per heavy atom. The monoisotopic (exact) mass is 397 g/mol. The summed E-state index contributed by atoms with van der Waals surface area (Å²) < 4.78 is 43.8. The van der Waals surface area contributed by atoms with E-state index in [9.17, 15) is 18.0 Å². The van der Waals surface area contributed by atoms with Crippen LogP contribution in [0.2, 0.25) is 0 Å². The van der Waals surface area contributed by atoms with Crippen LogP contribution in [0.4, 0.5) is 18.0 Å². The van der Waals surface area contributed by atoms with Gasteiger partial charge in [-0.3, -0.25) is 0 Å². The van der Waals surface area contributed by atoms with Gasteiger partial charge in [-0.25, -0.2) is 4.79 Å². The van der Waals surface area contributed by atoms with E-state index >= 15 is 0 Å². The summed E-state index contributed by atoms with van der Waals surface area (Å²) >= 11 is 3.14. The van der Waals surface area contributed by atoms with Crippen molar-refractivity contribution in [3.63, 3.8) is 0 Å². The standard InChI is InChI=1S/C15H19BrF3NO3/c1-14(2,3)20(13(21)22)7-4-8-23-12-9-10(15(17,18)19)5-6-11(12)16/h5-6,9H,4,7-8H2,1-3H3,(H,21,22). The van der Waals surface area contributed by atoms with E-state index in [4.69, 9.17) is 9.84 Å². The maximum atomic E-state index is 12.7. The van der Waals surface area contributed by atoms with Crippen LogP contribution in [0.3, 0.4) is 0 Å². The third-order valence-corrected chi connectivity index (χ3v) is 3.74. The number of rotatable bonds is 5. The maximum absolute atomic E-state index is 12.7. The molecular formula is C15H19BrF3NO3. The highest BCUT2D eigenvalue weighted by Crippen LogP contribution is 2.35. The molecule has 0 saturated heterocycles. The van der Waals surface area contributed by atoms with Crippen molar-refractivity contribution in [3.8, 4) is 5.75 Å². The zero-order chi connectivity index (χ0) is 17.8. The first-order valence-corrected chi connectivity index (χ1v) is 7.72. The average molecular weight is 398 g/mol. The van der Waals surface area contributed by atoms with Crippen LogP contribution >= 0.6 is 15.9 Å². The smallest absolute Gasteiger partial charge is 0.416 e. The Labute approximate surface area is 141 Å². The van der Waals surface area contributed by atoms with Crippen LogP contribution in [0.1, 0.15) is 32.8 Å². The number of amides is 1. The van der Waals surface area contributed by atoms with E-state index < -0.39 is 23.4 Å². The van der Waals surface area contributed by atoms with Gasteiger partial charge >= 0.3 is 12.3 Å². The number of nitrogens with zero attached hydrogens (tertiary/aromatic N) is 1. The van der Waals surface area contributed by atoms with Crippen LogP contribution in [-0.2, 0) is 6.18 Å². The van der Waals surface area contributed by atoms with Gasteiger partial charge in [0.2, 0.25) is 0 Å². The molecule has 23 heavy (non-hydrogen) atoms. The van der Waals surface area contributed by atoms with Gasteiger partial charge in [0.05, 0.1) is 16.6 Å². The first-order chi connectivity index (χ1) is 10.4. The highest BCUT2D eigenvalue weighted by Gasteiger charge is 2.31. The van der Waals surface area contributed by atoms with Crippen molar-refractivity contribution >= 4 is 22.0 Å². The summed E-state index contributed by atoms with van der Waals surface area (Å²) in [4.78, 5) is 12.4. The number of halogens is 4. The summed E-state index contributed by atoms with van der Waals surface area (Å²) in [6, 6.07) is 3.16. The molecule has 1 rings (SSSR count). The summed E-state index contributed by atoms with van der Waals surface area (Å²) in [7, 11) is 0. The molecule has 0 bridgehead atoms. The molecule has 0 aliphatic rings. The maximum Gasteiger partial charge on any atom is 0.416 e. The summed E-state index contributed by atoms with van der Waals surface area (Å²) in [5.41, 5.74) is -1.35. The van der Waals surface area contributed by atoms with Crippen molar-refractivity contribution in [1.82, 2.24) is 4.90 Å². The molecule has 1 aromatic rings. The van der Waals surface area contributed by atoms with Gasteiger partial charge in [0.15, 0.2) is 0 Å². The lowest BCUT2D eigenvalue weighted by atomic mass is 10.1. The molecule has 0 aliphatic carbocycles. The molecular weight excluding hydrogens is 379 g/mol. The Morgan fingerprint density at radius 1 is 1.30 bits per heavy atom. The Kier molecular flexibility index (Phi) is 6.33. The number of hydrogen-bond acceptors (Lipinski definition) is 2. The second-order valence-corrected chi connectivity index (χ2v) is 6.80. The van der Waals surface area contributed by atoms with Gasteiger partial charge in [-0.15, -0.1) is 0 Å². The molecule has 1 aromatic carbocycles. The number of ether oxygens (including phenoxy) is 1. The molecule has 0 heterocycles. The average Bonchev–Trinajstić information content (AvgIpc) is 2.37.